The predicted molar refractivity (Wildman–Crippen MR) is 96.0 cm³/mol. The van der Waals surface area contributed by atoms with E-state index in [0.717, 1.165) is 31.3 Å². The Morgan fingerprint density at radius 3 is 2.72 bits per heavy atom. The zero-order valence-corrected chi connectivity index (χ0v) is 14.6. The lowest BCUT2D eigenvalue weighted by Gasteiger charge is -2.16. The first-order valence-corrected chi connectivity index (χ1v) is 8.81. The standard InChI is InChI=1S/C19H24N2O4/c1-2-24-13-12-21-11-8-15-16(19(21)23)6-5-7-17(15)25-14-18(22)20-9-3-4-10-20/h5-8,11H,2-4,9-10,12-14H2,1H3. The Morgan fingerprint density at radius 1 is 1.16 bits per heavy atom. The quantitative estimate of drug-likeness (QED) is 0.721. The van der Waals surface area contributed by atoms with Gasteiger partial charge in [-0.2, -0.15) is 0 Å². The van der Waals surface area contributed by atoms with Crippen LogP contribution in [-0.2, 0) is 16.1 Å². The van der Waals surface area contributed by atoms with Gasteiger partial charge in [0.2, 0.25) is 0 Å². The second kappa shape index (κ2) is 8.16. The van der Waals surface area contributed by atoms with Gasteiger partial charge in [0.25, 0.3) is 11.5 Å². The summed E-state index contributed by atoms with van der Waals surface area (Å²) in [6.45, 7) is 5.20. The molecule has 0 spiro atoms. The molecule has 0 unspecified atom stereocenters. The second-order valence-corrected chi connectivity index (χ2v) is 6.11. The third-order valence-corrected chi connectivity index (χ3v) is 4.47. The third kappa shape index (κ3) is 4.02. The average molecular weight is 344 g/mol. The van der Waals surface area contributed by atoms with Gasteiger partial charge in [-0.25, -0.2) is 0 Å². The molecule has 1 aliphatic heterocycles. The molecule has 1 saturated heterocycles. The lowest BCUT2D eigenvalue weighted by atomic mass is 10.1. The minimum absolute atomic E-state index is 0.000408. The van der Waals surface area contributed by atoms with Crippen molar-refractivity contribution in [1.29, 1.82) is 0 Å². The summed E-state index contributed by atoms with van der Waals surface area (Å²) in [6.07, 6.45) is 3.86. The van der Waals surface area contributed by atoms with Crippen LogP contribution in [-0.4, -0.2) is 48.3 Å². The van der Waals surface area contributed by atoms with Crippen LogP contribution in [0.25, 0.3) is 10.8 Å². The molecular weight excluding hydrogens is 320 g/mol. The molecule has 6 nitrogen and oxygen atoms in total. The maximum Gasteiger partial charge on any atom is 0.260 e. The number of ether oxygens (including phenoxy) is 2. The van der Waals surface area contributed by atoms with Crippen LogP contribution < -0.4 is 10.3 Å². The SMILES string of the molecule is CCOCCn1ccc2c(OCC(=O)N3CCCC3)cccc2c1=O. The highest BCUT2D eigenvalue weighted by Gasteiger charge is 2.18. The number of carbonyl (C=O) groups excluding carboxylic acids is 1. The summed E-state index contributed by atoms with van der Waals surface area (Å²) < 4.78 is 12.7. The van der Waals surface area contributed by atoms with Gasteiger partial charge in [0, 0.05) is 37.8 Å². The van der Waals surface area contributed by atoms with Crippen molar-refractivity contribution in [3.05, 3.63) is 40.8 Å². The van der Waals surface area contributed by atoms with Crippen molar-refractivity contribution in [3.63, 3.8) is 0 Å². The fraction of sp³-hybridized carbons (Fsp3) is 0.474. The molecule has 1 aromatic carbocycles. The molecule has 2 heterocycles. The second-order valence-electron chi connectivity index (χ2n) is 6.11. The molecule has 3 rings (SSSR count). The van der Waals surface area contributed by atoms with Crippen molar-refractivity contribution in [2.45, 2.75) is 26.3 Å². The Morgan fingerprint density at radius 2 is 1.96 bits per heavy atom. The number of aromatic nitrogens is 1. The number of hydrogen-bond donors (Lipinski definition) is 0. The summed E-state index contributed by atoms with van der Waals surface area (Å²) in [4.78, 5) is 26.6. The van der Waals surface area contributed by atoms with Gasteiger partial charge in [-0.1, -0.05) is 6.07 Å². The van der Waals surface area contributed by atoms with Gasteiger partial charge in [-0.15, -0.1) is 0 Å². The normalized spacial score (nSPS) is 14.2. The van der Waals surface area contributed by atoms with Gasteiger partial charge in [-0.05, 0) is 38.0 Å². The Balaban J connectivity index is 1.76. The van der Waals surface area contributed by atoms with Crippen LogP contribution in [0.3, 0.4) is 0 Å². The number of likely N-dealkylation sites (tertiary alicyclic amines) is 1. The average Bonchev–Trinajstić information content (AvgIpc) is 3.16. The Bertz CT molecular complexity index is 794. The third-order valence-electron chi connectivity index (χ3n) is 4.47. The van der Waals surface area contributed by atoms with Gasteiger partial charge in [0.05, 0.1) is 12.0 Å². The van der Waals surface area contributed by atoms with Gasteiger partial charge in [0.1, 0.15) is 5.75 Å². The van der Waals surface area contributed by atoms with E-state index in [-0.39, 0.29) is 18.1 Å². The minimum atomic E-state index is -0.0754. The van der Waals surface area contributed by atoms with Crippen LogP contribution in [0.2, 0.25) is 0 Å². The van der Waals surface area contributed by atoms with Crippen molar-refractivity contribution in [3.8, 4) is 5.75 Å². The van der Waals surface area contributed by atoms with Crippen molar-refractivity contribution in [2.75, 3.05) is 32.9 Å². The number of pyridine rings is 1. The van der Waals surface area contributed by atoms with E-state index in [4.69, 9.17) is 9.47 Å². The Labute approximate surface area is 146 Å². The summed E-state index contributed by atoms with van der Waals surface area (Å²) >= 11 is 0. The van der Waals surface area contributed by atoms with Gasteiger partial charge < -0.3 is 18.9 Å². The van der Waals surface area contributed by atoms with E-state index in [0.29, 0.717) is 30.9 Å². The summed E-state index contributed by atoms with van der Waals surface area (Å²) in [5, 5.41) is 1.32. The van der Waals surface area contributed by atoms with Crippen molar-refractivity contribution >= 4 is 16.7 Å². The molecule has 0 atom stereocenters. The molecule has 25 heavy (non-hydrogen) atoms. The lowest BCUT2D eigenvalue weighted by molar-refractivity contribution is -0.132. The number of fused-ring (bicyclic) bond motifs is 1. The fourth-order valence-electron chi connectivity index (χ4n) is 3.10. The van der Waals surface area contributed by atoms with Crippen molar-refractivity contribution in [2.24, 2.45) is 0 Å². The molecule has 134 valence electrons. The molecule has 0 aliphatic carbocycles. The van der Waals surface area contributed by atoms with E-state index >= 15 is 0 Å². The number of carbonyl (C=O) groups is 1. The topological polar surface area (TPSA) is 60.8 Å². The van der Waals surface area contributed by atoms with E-state index in [9.17, 15) is 9.59 Å². The molecular formula is C19H24N2O4. The molecule has 1 aromatic heterocycles. The molecule has 1 aliphatic rings. The van der Waals surface area contributed by atoms with Gasteiger partial charge >= 0.3 is 0 Å². The highest BCUT2D eigenvalue weighted by molar-refractivity contribution is 5.88. The molecule has 1 fully saturated rings. The Kier molecular flexibility index (Phi) is 5.71. The van der Waals surface area contributed by atoms with E-state index in [2.05, 4.69) is 0 Å². The van der Waals surface area contributed by atoms with Crippen LogP contribution in [0.1, 0.15) is 19.8 Å². The first-order valence-electron chi connectivity index (χ1n) is 8.81. The molecule has 1 amide bonds. The van der Waals surface area contributed by atoms with E-state index < -0.39 is 0 Å². The highest BCUT2D eigenvalue weighted by atomic mass is 16.5. The summed E-state index contributed by atoms with van der Waals surface area (Å²) in [5.74, 6) is 0.568. The van der Waals surface area contributed by atoms with Crippen molar-refractivity contribution in [1.82, 2.24) is 9.47 Å². The number of benzene rings is 1. The number of hydrogen-bond acceptors (Lipinski definition) is 4. The molecule has 6 heteroatoms. The van der Waals surface area contributed by atoms with E-state index in [1.54, 1.807) is 29.0 Å². The fourth-order valence-corrected chi connectivity index (χ4v) is 3.10. The lowest BCUT2D eigenvalue weighted by Crippen LogP contribution is -2.32. The van der Waals surface area contributed by atoms with E-state index in [1.165, 1.54) is 0 Å². The first kappa shape index (κ1) is 17.5. The summed E-state index contributed by atoms with van der Waals surface area (Å²) in [6, 6.07) is 7.22. The predicted octanol–water partition coefficient (Wildman–Crippen LogP) is 2.04. The van der Waals surface area contributed by atoms with Crippen LogP contribution >= 0.6 is 0 Å². The van der Waals surface area contributed by atoms with Crippen LogP contribution in [0, 0.1) is 0 Å². The number of amides is 1. The molecule has 2 aromatic rings. The van der Waals surface area contributed by atoms with Gasteiger partial charge in [-0.3, -0.25) is 9.59 Å². The molecule has 0 saturated carbocycles. The maximum absolute atomic E-state index is 12.6. The number of rotatable bonds is 7. The van der Waals surface area contributed by atoms with Crippen LogP contribution in [0.15, 0.2) is 35.3 Å². The minimum Gasteiger partial charge on any atom is -0.483 e. The molecule has 0 N–H and O–H groups in total. The van der Waals surface area contributed by atoms with E-state index in [1.807, 2.05) is 17.9 Å². The van der Waals surface area contributed by atoms with Gasteiger partial charge in [0.15, 0.2) is 6.61 Å². The zero-order chi connectivity index (χ0) is 17.6. The maximum atomic E-state index is 12.6. The molecule has 0 bridgehead atoms. The largest absolute Gasteiger partial charge is 0.483 e. The monoisotopic (exact) mass is 344 g/mol. The number of nitrogens with zero attached hydrogens (tertiary/aromatic N) is 2. The highest BCUT2D eigenvalue weighted by Crippen LogP contribution is 2.23. The van der Waals surface area contributed by atoms with Crippen LogP contribution in [0.5, 0.6) is 5.75 Å². The van der Waals surface area contributed by atoms with Crippen LogP contribution in [0.4, 0.5) is 0 Å². The summed E-state index contributed by atoms with van der Waals surface area (Å²) in [7, 11) is 0. The zero-order valence-electron chi connectivity index (χ0n) is 14.6. The Hall–Kier alpha value is -2.34. The van der Waals surface area contributed by atoms with Crippen molar-refractivity contribution < 1.29 is 14.3 Å². The smallest absolute Gasteiger partial charge is 0.260 e. The first-order chi connectivity index (χ1) is 12.2. The summed E-state index contributed by atoms with van der Waals surface area (Å²) in [5.41, 5.74) is -0.0754. The molecule has 0 radical (unpaired) electrons.